The zero-order valence-electron chi connectivity index (χ0n) is 10.0. The van der Waals surface area contributed by atoms with Crippen LogP contribution < -0.4 is 17.2 Å². The second-order valence-electron chi connectivity index (χ2n) is 5.00. The van der Waals surface area contributed by atoms with Crippen molar-refractivity contribution in [1.82, 2.24) is 0 Å². The van der Waals surface area contributed by atoms with Gasteiger partial charge in [-0.05, 0) is 12.0 Å². The summed E-state index contributed by atoms with van der Waals surface area (Å²) in [5, 5.41) is 0. The molecule has 0 spiro atoms. The van der Waals surface area contributed by atoms with Gasteiger partial charge in [-0.3, -0.25) is 0 Å². The Morgan fingerprint density at radius 1 is 1.12 bits per heavy atom. The molecule has 17 heavy (non-hydrogen) atoms. The molecular formula is C13H21N3O. The van der Waals surface area contributed by atoms with Crippen LogP contribution in [0, 0.1) is 0 Å². The van der Waals surface area contributed by atoms with Gasteiger partial charge in [0.25, 0.3) is 0 Å². The topological polar surface area (TPSA) is 87.3 Å². The Morgan fingerprint density at radius 2 is 1.71 bits per heavy atom. The van der Waals surface area contributed by atoms with Gasteiger partial charge in [0.15, 0.2) is 0 Å². The van der Waals surface area contributed by atoms with Crippen molar-refractivity contribution in [3.63, 3.8) is 0 Å². The third-order valence-corrected chi connectivity index (χ3v) is 3.19. The lowest BCUT2D eigenvalue weighted by atomic mass is 9.85. The lowest BCUT2D eigenvalue weighted by Crippen LogP contribution is -2.56. The molecule has 1 aliphatic rings. The first-order chi connectivity index (χ1) is 8.07. The lowest BCUT2D eigenvalue weighted by Gasteiger charge is -2.39. The van der Waals surface area contributed by atoms with Gasteiger partial charge in [-0.25, -0.2) is 0 Å². The maximum atomic E-state index is 6.21. The van der Waals surface area contributed by atoms with Crippen LogP contribution in [0.1, 0.15) is 24.8 Å². The van der Waals surface area contributed by atoms with Gasteiger partial charge in [-0.15, -0.1) is 0 Å². The minimum Gasteiger partial charge on any atom is -0.356 e. The second-order valence-corrected chi connectivity index (χ2v) is 5.00. The molecule has 0 heterocycles. The number of benzene rings is 1. The monoisotopic (exact) mass is 235 g/mol. The van der Waals surface area contributed by atoms with Crippen molar-refractivity contribution in [2.75, 3.05) is 0 Å². The van der Waals surface area contributed by atoms with Crippen molar-refractivity contribution in [3.05, 3.63) is 35.9 Å². The summed E-state index contributed by atoms with van der Waals surface area (Å²) in [6.45, 7) is 0.511. The summed E-state index contributed by atoms with van der Waals surface area (Å²) in [5.74, 6) is 0. The fourth-order valence-corrected chi connectivity index (χ4v) is 2.45. The van der Waals surface area contributed by atoms with Crippen LogP contribution in [0.5, 0.6) is 0 Å². The van der Waals surface area contributed by atoms with Crippen molar-refractivity contribution < 1.29 is 4.74 Å². The molecule has 4 heteroatoms. The highest BCUT2D eigenvalue weighted by atomic mass is 16.5. The Morgan fingerprint density at radius 3 is 2.29 bits per heavy atom. The third kappa shape index (κ3) is 3.51. The maximum absolute atomic E-state index is 6.21. The second kappa shape index (κ2) is 5.14. The largest absolute Gasteiger partial charge is 0.356 e. The average Bonchev–Trinajstić information content (AvgIpc) is 2.26. The molecule has 0 radical (unpaired) electrons. The zero-order chi connectivity index (χ0) is 12.3. The van der Waals surface area contributed by atoms with E-state index in [1.54, 1.807) is 0 Å². The van der Waals surface area contributed by atoms with E-state index in [2.05, 4.69) is 0 Å². The fourth-order valence-electron chi connectivity index (χ4n) is 2.45. The van der Waals surface area contributed by atoms with E-state index < -0.39 is 5.72 Å². The van der Waals surface area contributed by atoms with E-state index in [0.29, 0.717) is 19.4 Å². The molecule has 1 aromatic carbocycles. The smallest absolute Gasteiger partial charge is 0.120 e. The Hall–Kier alpha value is -0.940. The molecule has 1 saturated carbocycles. The van der Waals surface area contributed by atoms with Crippen LogP contribution in [0.2, 0.25) is 0 Å². The van der Waals surface area contributed by atoms with E-state index in [4.69, 9.17) is 21.9 Å². The maximum Gasteiger partial charge on any atom is 0.120 e. The van der Waals surface area contributed by atoms with Crippen LogP contribution in [-0.4, -0.2) is 17.8 Å². The molecular weight excluding hydrogens is 214 g/mol. The lowest BCUT2D eigenvalue weighted by molar-refractivity contribution is -0.0838. The molecule has 1 fully saturated rings. The first-order valence-corrected chi connectivity index (χ1v) is 6.05. The van der Waals surface area contributed by atoms with Gasteiger partial charge in [0, 0.05) is 24.9 Å². The SMILES string of the molecule is NC1CC(N)CC(N)(OCc2ccccc2)C1. The average molecular weight is 235 g/mol. The van der Waals surface area contributed by atoms with Crippen molar-refractivity contribution >= 4 is 0 Å². The van der Waals surface area contributed by atoms with Crippen molar-refractivity contribution in [2.24, 2.45) is 17.2 Å². The van der Waals surface area contributed by atoms with Gasteiger partial charge in [0.2, 0.25) is 0 Å². The predicted molar refractivity (Wildman–Crippen MR) is 68.0 cm³/mol. The van der Waals surface area contributed by atoms with Crippen LogP contribution in [0.15, 0.2) is 30.3 Å². The number of hydrogen-bond donors (Lipinski definition) is 3. The normalized spacial score (nSPS) is 33.6. The van der Waals surface area contributed by atoms with Crippen LogP contribution in [0.25, 0.3) is 0 Å². The standard InChI is InChI=1S/C13H21N3O/c14-11-6-12(15)8-13(16,7-11)17-9-10-4-2-1-3-5-10/h1-5,11-12H,6-9,14-16H2. The Labute approximate surface area is 102 Å². The molecule has 4 nitrogen and oxygen atoms in total. The summed E-state index contributed by atoms with van der Waals surface area (Å²) < 4.78 is 5.82. The Bertz CT molecular complexity index is 345. The molecule has 2 rings (SSSR count). The Balaban J connectivity index is 1.93. The molecule has 2 atom stereocenters. The summed E-state index contributed by atoms with van der Waals surface area (Å²) in [4.78, 5) is 0. The molecule has 0 aromatic heterocycles. The molecule has 94 valence electrons. The van der Waals surface area contributed by atoms with Crippen LogP contribution >= 0.6 is 0 Å². The van der Waals surface area contributed by atoms with E-state index in [9.17, 15) is 0 Å². The summed E-state index contributed by atoms with van der Waals surface area (Å²) in [7, 11) is 0. The number of hydrogen-bond acceptors (Lipinski definition) is 4. The predicted octanol–water partition coefficient (Wildman–Crippen LogP) is 0.697. The van der Waals surface area contributed by atoms with E-state index in [0.717, 1.165) is 12.0 Å². The van der Waals surface area contributed by atoms with Gasteiger partial charge < -0.3 is 21.9 Å². The van der Waals surface area contributed by atoms with Gasteiger partial charge in [-0.1, -0.05) is 30.3 Å². The zero-order valence-corrected chi connectivity index (χ0v) is 10.0. The highest BCUT2D eigenvalue weighted by molar-refractivity contribution is 5.13. The Kier molecular flexibility index (Phi) is 3.79. The molecule has 0 bridgehead atoms. The third-order valence-electron chi connectivity index (χ3n) is 3.19. The van der Waals surface area contributed by atoms with Gasteiger partial charge in [0.1, 0.15) is 5.72 Å². The van der Waals surface area contributed by atoms with Crippen LogP contribution in [0.4, 0.5) is 0 Å². The molecule has 0 aliphatic heterocycles. The van der Waals surface area contributed by atoms with Gasteiger partial charge >= 0.3 is 0 Å². The molecule has 1 aromatic rings. The summed E-state index contributed by atoms with van der Waals surface area (Å²) >= 11 is 0. The van der Waals surface area contributed by atoms with Crippen LogP contribution in [-0.2, 0) is 11.3 Å². The number of nitrogens with two attached hydrogens (primary N) is 3. The van der Waals surface area contributed by atoms with Gasteiger partial charge in [0.05, 0.1) is 6.61 Å². The summed E-state index contributed by atoms with van der Waals surface area (Å²) in [6.07, 6.45) is 2.18. The van der Waals surface area contributed by atoms with E-state index in [1.807, 2.05) is 30.3 Å². The number of ether oxygens (including phenoxy) is 1. The van der Waals surface area contributed by atoms with Crippen LogP contribution in [0.3, 0.4) is 0 Å². The number of rotatable bonds is 3. The van der Waals surface area contributed by atoms with E-state index >= 15 is 0 Å². The highest BCUT2D eigenvalue weighted by Crippen LogP contribution is 2.26. The molecule has 6 N–H and O–H groups in total. The first-order valence-electron chi connectivity index (χ1n) is 6.05. The van der Waals surface area contributed by atoms with Gasteiger partial charge in [-0.2, -0.15) is 0 Å². The first kappa shape index (κ1) is 12.5. The quantitative estimate of drug-likeness (QED) is 0.673. The van der Waals surface area contributed by atoms with Crippen molar-refractivity contribution in [1.29, 1.82) is 0 Å². The van der Waals surface area contributed by atoms with E-state index in [-0.39, 0.29) is 12.1 Å². The fraction of sp³-hybridized carbons (Fsp3) is 0.538. The molecule has 2 unspecified atom stereocenters. The van der Waals surface area contributed by atoms with Crippen molar-refractivity contribution in [3.8, 4) is 0 Å². The minimum atomic E-state index is -0.674. The summed E-state index contributed by atoms with van der Waals surface area (Å²) in [5.41, 5.74) is 18.5. The summed E-state index contributed by atoms with van der Waals surface area (Å²) in [6, 6.07) is 10.1. The minimum absolute atomic E-state index is 0.0412. The van der Waals surface area contributed by atoms with E-state index in [1.165, 1.54) is 0 Å². The molecule has 1 aliphatic carbocycles. The van der Waals surface area contributed by atoms with Crippen molar-refractivity contribution in [2.45, 2.75) is 43.7 Å². The highest BCUT2D eigenvalue weighted by Gasteiger charge is 2.36. The molecule has 0 amide bonds. The molecule has 0 saturated heterocycles.